The quantitative estimate of drug-likeness (QED) is 0.711. The van der Waals surface area contributed by atoms with Crippen molar-refractivity contribution < 1.29 is 4.79 Å². The number of carbonyl (C=O) groups excluding carboxylic acids is 1. The molecule has 1 amide bonds. The molecular weight excluding hydrogens is 354 g/mol. The van der Waals surface area contributed by atoms with Gasteiger partial charge in [-0.1, -0.05) is 24.3 Å². The summed E-state index contributed by atoms with van der Waals surface area (Å²) in [6.45, 7) is 0.774. The van der Waals surface area contributed by atoms with E-state index in [-0.39, 0.29) is 5.91 Å². The Morgan fingerprint density at radius 2 is 1.71 bits per heavy atom. The molecule has 0 atom stereocenters. The molecule has 124 valence electrons. The number of benzene rings is 2. The van der Waals surface area contributed by atoms with Crippen LogP contribution in [-0.4, -0.2) is 29.7 Å². The standard InChI is InChI=1S/C19H19NOS3/c21-18(20-10-13-22-17-5-2-1-4-16(17)20)14-6-8-15(9-7-14)19-23-11-3-12-24-19/h1-2,4-9,19H,3,10-13H2. The molecule has 1 fully saturated rings. The third kappa shape index (κ3) is 3.35. The molecule has 24 heavy (non-hydrogen) atoms. The van der Waals surface area contributed by atoms with Gasteiger partial charge in [0.15, 0.2) is 0 Å². The SMILES string of the molecule is O=C(c1ccc(C2SCCCS2)cc1)N1CCSc2ccccc21. The molecule has 5 heteroatoms. The third-order valence-electron chi connectivity index (χ3n) is 4.23. The molecule has 0 aromatic heterocycles. The molecule has 0 N–H and O–H groups in total. The zero-order valence-electron chi connectivity index (χ0n) is 13.3. The molecule has 0 radical (unpaired) electrons. The van der Waals surface area contributed by atoms with E-state index in [1.54, 1.807) is 0 Å². The van der Waals surface area contributed by atoms with E-state index in [0.29, 0.717) is 4.58 Å². The Labute approximate surface area is 155 Å². The van der Waals surface area contributed by atoms with Crippen LogP contribution in [0.2, 0.25) is 0 Å². The Morgan fingerprint density at radius 1 is 0.958 bits per heavy atom. The van der Waals surface area contributed by atoms with Gasteiger partial charge >= 0.3 is 0 Å². The van der Waals surface area contributed by atoms with Gasteiger partial charge in [-0.05, 0) is 47.8 Å². The number of hydrogen-bond acceptors (Lipinski definition) is 4. The molecule has 2 heterocycles. The zero-order chi connectivity index (χ0) is 16.4. The summed E-state index contributed by atoms with van der Waals surface area (Å²) in [6, 6.07) is 16.4. The summed E-state index contributed by atoms with van der Waals surface area (Å²) in [6.07, 6.45) is 1.30. The Balaban J connectivity index is 1.55. The van der Waals surface area contributed by atoms with Crippen molar-refractivity contribution in [3.63, 3.8) is 0 Å². The number of fused-ring (bicyclic) bond motifs is 1. The average Bonchev–Trinajstić information content (AvgIpc) is 2.68. The summed E-state index contributed by atoms with van der Waals surface area (Å²) >= 11 is 5.86. The Hall–Kier alpha value is -1.04. The lowest BCUT2D eigenvalue weighted by Crippen LogP contribution is -2.35. The number of rotatable bonds is 2. The van der Waals surface area contributed by atoms with Crippen molar-refractivity contribution in [2.75, 3.05) is 28.7 Å². The summed E-state index contributed by atoms with van der Waals surface area (Å²) in [4.78, 5) is 16.1. The number of carbonyl (C=O) groups is 1. The van der Waals surface area contributed by atoms with E-state index in [9.17, 15) is 4.79 Å². The van der Waals surface area contributed by atoms with Gasteiger partial charge < -0.3 is 4.90 Å². The largest absolute Gasteiger partial charge is 0.306 e. The average molecular weight is 374 g/mol. The van der Waals surface area contributed by atoms with Gasteiger partial charge in [-0.3, -0.25) is 4.79 Å². The highest BCUT2D eigenvalue weighted by molar-refractivity contribution is 8.16. The van der Waals surface area contributed by atoms with Crippen LogP contribution in [0.3, 0.4) is 0 Å². The summed E-state index contributed by atoms with van der Waals surface area (Å²) in [5.74, 6) is 3.54. The first-order valence-electron chi connectivity index (χ1n) is 8.20. The minimum Gasteiger partial charge on any atom is -0.306 e. The predicted octanol–water partition coefficient (Wildman–Crippen LogP) is 5.31. The molecule has 2 aromatic rings. The maximum Gasteiger partial charge on any atom is 0.258 e. The maximum atomic E-state index is 13.0. The van der Waals surface area contributed by atoms with Gasteiger partial charge in [0.05, 0.1) is 10.3 Å². The molecule has 0 aliphatic carbocycles. The molecule has 2 aliphatic heterocycles. The number of anilines is 1. The van der Waals surface area contributed by atoms with E-state index < -0.39 is 0 Å². The molecule has 4 rings (SSSR count). The van der Waals surface area contributed by atoms with Crippen molar-refractivity contribution >= 4 is 46.9 Å². The smallest absolute Gasteiger partial charge is 0.258 e. The fourth-order valence-corrected chi connectivity index (χ4v) is 6.89. The third-order valence-corrected chi connectivity index (χ3v) is 8.29. The highest BCUT2D eigenvalue weighted by Gasteiger charge is 2.24. The second kappa shape index (κ2) is 7.46. The number of nitrogens with zero attached hydrogens (tertiary/aromatic N) is 1. The fraction of sp³-hybridized carbons (Fsp3) is 0.316. The molecule has 2 nitrogen and oxygen atoms in total. The summed E-state index contributed by atoms with van der Waals surface area (Å²) in [7, 11) is 0. The minimum absolute atomic E-state index is 0.109. The Kier molecular flexibility index (Phi) is 5.11. The lowest BCUT2D eigenvalue weighted by atomic mass is 10.1. The van der Waals surface area contributed by atoms with Crippen molar-refractivity contribution in [1.29, 1.82) is 0 Å². The topological polar surface area (TPSA) is 20.3 Å². The van der Waals surface area contributed by atoms with Gasteiger partial charge in [-0.2, -0.15) is 0 Å². The van der Waals surface area contributed by atoms with Gasteiger partial charge in [-0.25, -0.2) is 0 Å². The van der Waals surface area contributed by atoms with E-state index >= 15 is 0 Å². The maximum absolute atomic E-state index is 13.0. The first kappa shape index (κ1) is 16.4. The van der Waals surface area contributed by atoms with Gasteiger partial charge in [0.25, 0.3) is 5.91 Å². The van der Waals surface area contributed by atoms with E-state index in [1.807, 2.05) is 70.5 Å². The van der Waals surface area contributed by atoms with Gasteiger partial charge in [0, 0.05) is 22.8 Å². The number of hydrogen-bond donors (Lipinski definition) is 0. The van der Waals surface area contributed by atoms with Gasteiger partial charge in [0.2, 0.25) is 0 Å². The van der Waals surface area contributed by atoms with Crippen molar-refractivity contribution in [2.45, 2.75) is 15.9 Å². The van der Waals surface area contributed by atoms with Crippen LogP contribution in [-0.2, 0) is 0 Å². The summed E-state index contributed by atoms with van der Waals surface area (Å²) in [5, 5.41) is 0. The normalized spacial score (nSPS) is 18.2. The molecule has 0 spiro atoms. The van der Waals surface area contributed by atoms with E-state index in [2.05, 4.69) is 18.2 Å². The lowest BCUT2D eigenvalue weighted by Gasteiger charge is -2.29. The molecule has 0 saturated carbocycles. The van der Waals surface area contributed by atoms with Crippen LogP contribution < -0.4 is 4.90 Å². The molecule has 2 aliphatic rings. The lowest BCUT2D eigenvalue weighted by molar-refractivity contribution is 0.0987. The van der Waals surface area contributed by atoms with E-state index in [0.717, 1.165) is 23.5 Å². The number of para-hydroxylation sites is 1. The molecule has 0 bridgehead atoms. The minimum atomic E-state index is 0.109. The second-order valence-electron chi connectivity index (χ2n) is 5.82. The van der Waals surface area contributed by atoms with Gasteiger partial charge in [-0.15, -0.1) is 35.3 Å². The van der Waals surface area contributed by atoms with Crippen LogP contribution in [0, 0.1) is 0 Å². The fourth-order valence-electron chi connectivity index (χ4n) is 3.00. The summed E-state index contributed by atoms with van der Waals surface area (Å²) < 4.78 is 0.523. The van der Waals surface area contributed by atoms with E-state index in [4.69, 9.17) is 0 Å². The molecule has 0 unspecified atom stereocenters. The second-order valence-corrected chi connectivity index (χ2v) is 9.68. The van der Waals surface area contributed by atoms with Crippen molar-refractivity contribution in [2.24, 2.45) is 0 Å². The zero-order valence-corrected chi connectivity index (χ0v) is 15.8. The van der Waals surface area contributed by atoms with Crippen LogP contribution in [0.4, 0.5) is 5.69 Å². The van der Waals surface area contributed by atoms with Crippen LogP contribution in [0.15, 0.2) is 53.4 Å². The Bertz CT molecular complexity index is 726. The first-order chi connectivity index (χ1) is 11.8. The van der Waals surface area contributed by atoms with Crippen LogP contribution in [0.25, 0.3) is 0 Å². The summed E-state index contributed by atoms with van der Waals surface area (Å²) in [5.41, 5.74) is 3.16. The van der Waals surface area contributed by atoms with Crippen molar-refractivity contribution in [3.8, 4) is 0 Å². The molecular formula is C19H19NOS3. The number of thioether (sulfide) groups is 3. The first-order valence-corrected chi connectivity index (χ1v) is 11.3. The van der Waals surface area contributed by atoms with Gasteiger partial charge in [0.1, 0.15) is 0 Å². The molecule has 2 aromatic carbocycles. The highest BCUT2D eigenvalue weighted by Crippen LogP contribution is 2.43. The van der Waals surface area contributed by atoms with Crippen LogP contribution in [0.1, 0.15) is 26.9 Å². The van der Waals surface area contributed by atoms with Crippen LogP contribution in [0.5, 0.6) is 0 Å². The monoisotopic (exact) mass is 373 g/mol. The molecule has 1 saturated heterocycles. The highest BCUT2D eigenvalue weighted by atomic mass is 32.2. The van der Waals surface area contributed by atoms with Crippen LogP contribution >= 0.6 is 35.3 Å². The predicted molar refractivity (Wildman–Crippen MR) is 108 cm³/mol. The number of amides is 1. The van der Waals surface area contributed by atoms with Crippen molar-refractivity contribution in [1.82, 2.24) is 0 Å². The van der Waals surface area contributed by atoms with Crippen molar-refractivity contribution in [3.05, 3.63) is 59.7 Å². The van der Waals surface area contributed by atoms with E-state index in [1.165, 1.54) is 28.4 Å². The Morgan fingerprint density at radius 3 is 2.50 bits per heavy atom.